The quantitative estimate of drug-likeness (QED) is 0.669. The number of rotatable bonds is 6. The van der Waals surface area contributed by atoms with Gasteiger partial charge in [-0.15, -0.1) is 0 Å². The number of hydrogen-bond acceptors (Lipinski definition) is 6. The SMILES string of the molecule is CN(Cc1cc([C@@H]2CC[C@@H]3CN2C(=O)N3OCc2ccccc2)no1)C(=O)OC(C)(C)C. The Bertz CT molecular complexity index is 955. The fourth-order valence-corrected chi connectivity index (χ4v) is 4.02. The smallest absolute Gasteiger partial charge is 0.410 e. The second-order valence-corrected chi connectivity index (χ2v) is 9.32. The van der Waals surface area contributed by atoms with Gasteiger partial charge in [-0.3, -0.25) is 4.84 Å². The average Bonchev–Trinajstić information content (AvgIpc) is 3.30. The number of carbonyl (C=O) groups is 2. The number of hydrogen-bond donors (Lipinski definition) is 0. The first kappa shape index (κ1) is 22.1. The predicted molar refractivity (Wildman–Crippen MR) is 115 cm³/mol. The summed E-state index contributed by atoms with van der Waals surface area (Å²) in [5.41, 5.74) is 1.14. The lowest BCUT2D eigenvalue weighted by atomic mass is 9.98. The standard InChI is InChI=1S/C23H30N4O5/c1-23(2,3)31-22(29)25(4)14-18-12-19(24-32-18)20-11-10-17-13-26(20)21(28)27(17)30-15-16-8-6-5-7-9-16/h5-9,12,17,20H,10-11,13-15H2,1-4H3/t17-,20+/m1/s1. The lowest BCUT2D eigenvalue weighted by Gasteiger charge is -2.28. The van der Waals surface area contributed by atoms with Gasteiger partial charge in [0.15, 0.2) is 5.76 Å². The van der Waals surface area contributed by atoms with Crippen LogP contribution in [0.1, 0.15) is 56.7 Å². The molecule has 3 heterocycles. The van der Waals surface area contributed by atoms with Crippen molar-refractivity contribution >= 4 is 12.1 Å². The summed E-state index contributed by atoms with van der Waals surface area (Å²) in [7, 11) is 1.65. The maximum atomic E-state index is 13.0. The van der Waals surface area contributed by atoms with E-state index in [-0.39, 0.29) is 24.7 Å². The molecule has 0 unspecified atom stereocenters. The number of amides is 3. The van der Waals surface area contributed by atoms with Gasteiger partial charge in [0.2, 0.25) is 0 Å². The molecule has 172 valence electrons. The van der Waals surface area contributed by atoms with Gasteiger partial charge in [-0.2, -0.15) is 5.06 Å². The lowest BCUT2D eigenvalue weighted by molar-refractivity contribution is -0.140. The fraction of sp³-hybridized carbons (Fsp3) is 0.522. The Kier molecular flexibility index (Phi) is 6.10. The summed E-state index contributed by atoms with van der Waals surface area (Å²) in [4.78, 5) is 34.3. The van der Waals surface area contributed by atoms with E-state index in [0.717, 1.165) is 18.4 Å². The number of benzene rings is 1. The topological polar surface area (TPSA) is 88.4 Å². The summed E-state index contributed by atoms with van der Waals surface area (Å²) < 4.78 is 10.8. The lowest BCUT2D eigenvalue weighted by Crippen LogP contribution is -2.34. The summed E-state index contributed by atoms with van der Waals surface area (Å²) in [6.07, 6.45) is 1.16. The van der Waals surface area contributed by atoms with Gasteiger partial charge in [0.1, 0.15) is 17.9 Å². The van der Waals surface area contributed by atoms with Crippen LogP contribution in [0.15, 0.2) is 40.9 Å². The third-order valence-corrected chi connectivity index (χ3v) is 5.55. The molecule has 0 radical (unpaired) electrons. The van der Waals surface area contributed by atoms with Gasteiger partial charge in [0.05, 0.1) is 18.6 Å². The van der Waals surface area contributed by atoms with Crippen molar-refractivity contribution in [3.05, 3.63) is 53.4 Å². The zero-order valence-corrected chi connectivity index (χ0v) is 19.0. The Morgan fingerprint density at radius 3 is 2.72 bits per heavy atom. The van der Waals surface area contributed by atoms with E-state index in [0.29, 0.717) is 24.6 Å². The molecule has 2 bridgehead atoms. The second kappa shape index (κ2) is 8.82. The Morgan fingerprint density at radius 1 is 1.25 bits per heavy atom. The zero-order valence-electron chi connectivity index (χ0n) is 19.0. The van der Waals surface area contributed by atoms with E-state index in [1.54, 1.807) is 11.9 Å². The van der Waals surface area contributed by atoms with Crippen molar-refractivity contribution in [2.75, 3.05) is 13.6 Å². The van der Waals surface area contributed by atoms with Gasteiger partial charge in [0, 0.05) is 19.7 Å². The van der Waals surface area contributed by atoms with E-state index in [9.17, 15) is 9.59 Å². The van der Waals surface area contributed by atoms with Crippen LogP contribution in [0.5, 0.6) is 0 Å². The average molecular weight is 443 g/mol. The van der Waals surface area contributed by atoms with E-state index in [4.69, 9.17) is 14.1 Å². The van der Waals surface area contributed by atoms with Gasteiger partial charge < -0.3 is 19.1 Å². The molecule has 9 heteroatoms. The summed E-state index contributed by atoms with van der Waals surface area (Å²) in [6, 6.07) is 11.3. The minimum Gasteiger partial charge on any atom is -0.444 e. The predicted octanol–water partition coefficient (Wildman–Crippen LogP) is 4.11. The van der Waals surface area contributed by atoms with Crippen LogP contribution in [0.4, 0.5) is 9.59 Å². The van der Waals surface area contributed by atoms with Gasteiger partial charge in [-0.25, -0.2) is 9.59 Å². The molecule has 2 atom stereocenters. The van der Waals surface area contributed by atoms with Crippen LogP contribution >= 0.6 is 0 Å². The molecule has 1 aromatic heterocycles. The highest BCUT2D eigenvalue weighted by Crippen LogP contribution is 2.38. The molecular weight excluding hydrogens is 412 g/mol. The van der Waals surface area contributed by atoms with Crippen LogP contribution < -0.4 is 0 Å². The van der Waals surface area contributed by atoms with E-state index in [2.05, 4.69) is 5.16 Å². The molecule has 2 saturated heterocycles. The van der Waals surface area contributed by atoms with E-state index in [1.807, 2.05) is 57.2 Å². The minimum atomic E-state index is -0.568. The van der Waals surface area contributed by atoms with Crippen LogP contribution in [0.3, 0.4) is 0 Å². The first-order valence-electron chi connectivity index (χ1n) is 10.9. The number of ether oxygens (including phenoxy) is 1. The van der Waals surface area contributed by atoms with Crippen molar-refractivity contribution in [1.82, 2.24) is 20.0 Å². The highest BCUT2D eigenvalue weighted by molar-refractivity contribution is 5.77. The zero-order chi connectivity index (χ0) is 22.9. The minimum absolute atomic E-state index is 0.0344. The van der Waals surface area contributed by atoms with Crippen LogP contribution in [-0.4, -0.2) is 57.4 Å². The number of fused-ring (bicyclic) bond motifs is 2. The number of piperidine rings is 1. The summed E-state index contributed by atoms with van der Waals surface area (Å²) >= 11 is 0. The molecule has 2 aliphatic rings. The molecule has 3 amide bonds. The number of aromatic nitrogens is 1. The van der Waals surface area contributed by atoms with Gasteiger partial charge in [-0.05, 0) is 39.2 Å². The highest BCUT2D eigenvalue weighted by atomic mass is 16.7. The van der Waals surface area contributed by atoms with Crippen molar-refractivity contribution in [1.29, 1.82) is 0 Å². The molecule has 4 rings (SSSR count). The molecule has 0 saturated carbocycles. The molecule has 0 aliphatic carbocycles. The molecule has 9 nitrogen and oxygen atoms in total. The van der Waals surface area contributed by atoms with Crippen molar-refractivity contribution < 1.29 is 23.7 Å². The normalized spacial score (nSPS) is 20.6. The maximum Gasteiger partial charge on any atom is 0.410 e. The van der Waals surface area contributed by atoms with Crippen molar-refractivity contribution in [2.45, 2.75) is 64.4 Å². The number of nitrogens with zero attached hydrogens (tertiary/aromatic N) is 4. The summed E-state index contributed by atoms with van der Waals surface area (Å²) in [5, 5.41) is 5.69. The Balaban J connectivity index is 1.37. The largest absolute Gasteiger partial charge is 0.444 e. The van der Waals surface area contributed by atoms with Crippen LogP contribution in [-0.2, 0) is 22.7 Å². The third kappa shape index (κ3) is 4.88. The van der Waals surface area contributed by atoms with Crippen molar-refractivity contribution in [3.63, 3.8) is 0 Å². The first-order valence-corrected chi connectivity index (χ1v) is 10.9. The van der Waals surface area contributed by atoms with Gasteiger partial charge in [0.25, 0.3) is 0 Å². The number of hydroxylamine groups is 2. The van der Waals surface area contributed by atoms with E-state index < -0.39 is 11.7 Å². The summed E-state index contributed by atoms with van der Waals surface area (Å²) in [6.45, 7) is 6.65. The Morgan fingerprint density at radius 2 is 2.00 bits per heavy atom. The highest BCUT2D eigenvalue weighted by Gasteiger charge is 2.47. The Labute approximate surface area is 187 Å². The molecule has 32 heavy (non-hydrogen) atoms. The molecule has 1 aromatic carbocycles. The molecule has 0 N–H and O–H groups in total. The van der Waals surface area contributed by atoms with E-state index >= 15 is 0 Å². The molecular formula is C23H30N4O5. The number of urea groups is 1. The monoisotopic (exact) mass is 442 g/mol. The first-order chi connectivity index (χ1) is 15.2. The molecule has 2 fully saturated rings. The van der Waals surface area contributed by atoms with Crippen LogP contribution in [0.25, 0.3) is 0 Å². The molecule has 2 aliphatic heterocycles. The molecule has 0 spiro atoms. The van der Waals surface area contributed by atoms with Gasteiger partial charge in [-0.1, -0.05) is 35.5 Å². The second-order valence-electron chi connectivity index (χ2n) is 9.32. The van der Waals surface area contributed by atoms with E-state index in [1.165, 1.54) is 9.96 Å². The molecule has 2 aromatic rings. The fourth-order valence-electron chi connectivity index (χ4n) is 4.02. The van der Waals surface area contributed by atoms with Crippen LogP contribution in [0.2, 0.25) is 0 Å². The van der Waals surface area contributed by atoms with Crippen molar-refractivity contribution in [3.8, 4) is 0 Å². The number of carbonyl (C=O) groups excluding carboxylic acids is 2. The van der Waals surface area contributed by atoms with Crippen LogP contribution in [0, 0.1) is 0 Å². The maximum absolute atomic E-state index is 13.0. The third-order valence-electron chi connectivity index (χ3n) is 5.55. The van der Waals surface area contributed by atoms with Crippen molar-refractivity contribution in [2.24, 2.45) is 0 Å². The van der Waals surface area contributed by atoms with Gasteiger partial charge >= 0.3 is 12.1 Å². The summed E-state index contributed by atoms with van der Waals surface area (Å²) in [5.74, 6) is 0.541. The Hall–Kier alpha value is -3.07.